The van der Waals surface area contributed by atoms with E-state index in [-0.39, 0.29) is 0 Å². The van der Waals surface area contributed by atoms with Gasteiger partial charge in [-0.3, -0.25) is 4.90 Å². The molecule has 19 heavy (non-hydrogen) atoms. The maximum Gasteiger partial charge on any atom is 0.138 e. The van der Waals surface area contributed by atoms with Gasteiger partial charge in [0.05, 0.1) is 5.69 Å². The molecule has 0 amide bonds. The highest BCUT2D eigenvalue weighted by atomic mass is 16.5. The highest BCUT2D eigenvalue weighted by molar-refractivity contribution is 5.23. The predicted octanol–water partition coefficient (Wildman–Crippen LogP) is 3.28. The zero-order valence-electron chi connectivity index (χ0n) is 11.6. The fraction of sp³-hybridized carbons (Fsp3) is 0.438. The Morgan fingerprint density at radius 2 is 2.05 bits per heavy atom. The first-order chi connectivity index (χ1) is 9.24. The first kappa shape index (κ1) is 12.4. The molecule has 0 saturated carbocycles. The zero-order chi connectivity index (χ0) is 13.2. The number of hydrogen-bond donors (Lipinski definition) is 0. The third-order valence-corrected chi connectivity index (χ3v) is 4.11. The van der Waals surface area contributed by atoms with Crippen LogP contribution in [0.1, 0.15) is 34.9 Å². The molecule has 2 heterocycles. The maximum atomic E-state index is 5.24. The molecule has 1 aromatic heterocycles. The minimum Gasteiger partial charge on any atom is -0.361 e. The monoisotopic (exact) mass is 256 g/mol. The lowest BCUT2D eigenvalue weighted by atomic mass is 9.99. The fourth-order valence-electron chi connectivity index (χ4n) is 2.92. The van der Waals surface area contributed by atoms with E-state index in [1.807, 2.05) is 13.8 Å². The van der Waals surface area contributed by atoms with Crippen molar-refractivity contribution in [2.75, 3.05) is 13.1 Å². The Balaban J connectivity index is 1.67. The average molecular weight is 256 g/mol. The van der Waals surface area contributed by atoms with Gasteiger partial charge in [-0.05, 0) is 38.3 Å². The van der Waals surface area contributed by atoms with Crippen LogP contribution in [0.3, 0.4) is 0 Å². The Morgan fingerprint density at radius 1 is 1.26 bits per heavy atom. The van der Waals surface area contributed by atoms with Crippen molar-refractivity contribution in [3.63, 3.8) is 0 Å². The summed E-state index contributed by atoms with van der Waals surface area (Å²) in [5.41, 5.74) is 3.75. The van der Waals surface area contributed by atoms with Gasteiger partial charge in [-0.25, -0.2) is 0 Å². The molecule has 1 atom stereocenters. The molecule has 1 aromatic carbocycles. The normalized spacial score (nSPS) is 20.0. The van der Waals surface area contributed by atoms with Gasteiger partial charge in [0.25, 0.3) is 0 Å². The minimum atomic E-state index is 0.668. The van der Waals surface area contributed by atoms with Crippen LogP contribution in [-0.4, -0.2) is 23.1 Å². The van der Waals surface area contributed by atoms with Gasteiger partial charge in [0.15, 0.2) is 0 Å². The predicted molar refractivity (Wildman–Crippen MR) is 75.1 cm³/mol. The largest absolute Gasteiger partial charge is 0.361 e. The van der Waals surface area contributed by atoms with Gasteiger partial charge < -0.3 is 4.52 Å². The van der Waals surface area contributed by atoms with E-state index in [0.29, 0.717) is 5.92 Å². The molecule has 3 nitrogen and oxygen atoms in total. The lowest BCUT2D eigenvalue weighted by Gasteiger charge is -2.16. The summed E-state index contributed by atoms with van der Waals surface area (Å²) in [5.74, 6) is 1.63. The van der Waals surface area contributed by atoms with Crippen LogP contribution in [0.15, 0.2) is 34.9 Å². The Morgan fingerprint density at radius 3 is 2.74 bits per heavy atom. The van der Waals surface area contributed by atoms with Crippen LogP contribution in [0.25, 0.3) is 0 Å². The highest BCUT2D eigenvalue weighted by Gasteiger charge is 2.25. The first-order valence-corrected chi connectivity index (χ1v) is 6.93. The summed E-state index contributed by atoms with van der Waals surface area (Å²) < 4.78 is 5.24. The Kier molecular flexibility index (Phi) is 3.38. The molecule has 0 unspecified atom stereocenters. The third kappa shape index (κ3) is 2.56. The number of aromatic nitrogens is 1. The summed E-state index contributed by atoms with van der Waals surface area (Å²) in [7, 11) is 0. The van der Waals surface area contributed by atoms with Gasteiger partial charge in [0.2, 0.25) is 0 Å². The molecule has 0 radical (unpaired) electrons. The summed E-state index contributed by atoms with van der Waals surface area (Å²) in [6.45, 7) is 7.28. The highest BCUT2D eigenvalue weighted by Crippen LogP contribution is 2.28. The van der Waals surface area contributed by atoms with Crippen molar-refractivity contribution < 1.29 is 4.52 Å². The molecule has 2 aromatic rings. The molecule has 1 aliphatic heterocycles. The Bertz CT molecular complexity index is 528. The summed E-state index contributed by atoms with van der Waals surface area (Å²) in [4.78, 5) is 2.50. The van der Waals surface area contributed by atoms with Crippen molar-refractivity contribution in [1.82, 2.24) is 10.1 Å². The summed E-state index contributed by atoms with van der Waals surface area (Å²) >= 11 is 0. The van der Waals surface area contributed by atoms with Gasteiger partial charge in [-0.2, -0.15) is 0 Å². The smallest absolute Gasteiger partial charge is 0.138 e. The molecule has 0 aliphatic carbocycles. The van der Waals surface area contributed by atoms with Gasteiger partial charge in [0.1, 0.15) is 5.76 Å². The van der Waals surface area contributed by atoms with Crippen LogP contribution >= 0.6 is 0 Å². The van der Waals surface area contributed by atoms with E-state index in [2.05, 4.69) is 40.4 Å². The number of hydrogen-bond acceptors (Lipinski definition) is 3. The van der Waals surface area contributed by atoms with E-state index < -0.39 is 0 Å². The SMILES string of the molecule is Cc1noc(C)c1CN1CC[C@@H](c2ccccc2)C1. The van der Waals surface area contributed by atoms with E-state index >= 15 is 0 Å². The van der Waals surface area contributed by atoms with Crippen molar-refractivity contribution in [2.45, 2.75) is 32.7 Å². The van der Waals surface area contributed by atoms with Gasteiger partial charge in [-0.15, -0.1) is 0 Å². The van der Waals surface area contributed by atoms with E-state index in [0.717, 1.165) is 31.1 Å². The molecular weight excluding hydrogens is 236 g/mol. The van der Waals surface area contributed by atoms with Gasteiger partial charge in [0, 0.05) is 18.7 Å². The van der Waals surface area contributed by atoms with Crippen LogP contribution < -0.4 is 0 Å². The molecule has 3 heteroatoms. The second-order valence-corrected chi connectivity index (χ2v) is 5.43. The molecule has 1 fully saturated rings. The summed E-state index contributed by atoms with van der Waals surface area (Å²) in [5, 5.41) is 4.03. The second-order valence-electron chi connectivity index (χ2n) is 5.43. The van der Waals surface area contributed by atoms with E-state index in [9.17, 15) is 0 Å². The molecule has 100 valence electrons. The van der Waals surface area contributed by atoms with E-state index in [4.69, 9.17) is 4.52 Å². The standard InChI is InChI=1S/C16H20N2O/c1-12-16(13(2)19-17-12)11-18-9-8-15(10-18)14-6-4-3-5-7-14/h3-7,15H,8-11H2,1-2H3/t15-/m1/s1. The minimum absolute atomic E-state index is 0.668. The second kappa shape index (κ2) is 5.17. The number of rotatable bonds is 3. The van der Waals surface area contributed by atoms with E-state index in [1.54, 1.807) is 0 Å². The van der Waals surface area contributed by atoms with Crippen molar-refractivity contribution in [3.8, 4) is 0 Å². The molecule has 3 rings (SSSR count). The molecule has 1 saturated heterocycles. The number of nitrogens with zero attached hydrogens (tertiary/aromatic N) is 2. The summed E-state index contributed by atoms with van der Waals surface area (Å²) in [6.07, 6.45) is 1.24. The molecule has 0 spiro atoms. The van der Waals surface area contributed by atoms with Gasteiger partial charge >= 0.3 is 0 Å². The zero-order valence-corrected chi connectivity index (χ0v) is 11.6. The number of aryl methyl sites for hydroxylation is 2. The lowest BCUT2D eigenvalue weighted by Crippen LogP contribution is -2.20. The number of likely N-dealkylation sites (tertiary alicyclic amines) is 1. The van der Waals surface area contributed by atoms with Crippen LogP contribution in [0, 0.1) is 13.8 Å². The van der Waals surface area contributed by atoms with E-state index in [1.165, 1.54) is 17.5 Å². The Hall–Kier alpha value is -1.61. The van der Waals surface area contributed by atoms with Crippen LogP contribution in [0.2, 0.25) is 0 Å². The third-order valence-electron chi connectivity index (χ3n) is 4.11. The lowest BCUT2D eigenvalue weighted by molar-refractivity contribution is 0.322. The van der Waals surface area contributed by atoms with Crippen LogP contribution in [0.5, 0.6) is 0 Å². The van der Waals surface area contributed by atoms with Crippen molar-refractivity contribution in [2.24, 2.45) is 0 Å². The van der Waals surface area contributed by atoms with Crippen molar-refractivity contribution in [3.05, 3.63) is 52.9 Å². The topological polar surface area (TPSA) is 29.3 Å². The molecule has 0 bridgehead atoms. The molecule has 0 N–H and O–H groups in total. The van der Waals surface area contributed by atoms with Gasteiger partial charge in [-0.1, -0.05) is 35.5 Å². The average Bonchev–Trinajstić information content (AvgIpc) is 3.02. The number of benzene rings is 1. The fourth-order valence-corrected chi connectivity index (χ4v) is 2.92. The summed E-state index contributed by atoms with van der Waals surface area (Å²) in [6, 6.07) is 10.8. The van der Waals surface area contributed by atoms with Crippen LogP contribution in [0.4, 0.5) is 0 Å². The van der Waals surface area contributed by atoms with Crippen molar-refractivity contribution in [1.29, 1.82) is 0 Å². The maximum absolute atomic E-state index is 5.24. The molecule has 1 aliphatic rings. The first-order valence-electron chi connectivity index (χ1n) is 6.93. The molecular formula is C16H20N2O. The van der Waals surface area contributed by atoms with Crippen LogP contribution in [-0.2, 0) is 6.54 Å². The van der Waals surface area contributed by atoms with Crippen molar-refractivity contribution >= 4 is 0 Å². The Labute approximate surface area is 114 Å². The quantitative estimate of drug-likeness (QED) is 0.844.